The summed E-state index contributed by atoms with van der Waals surface area (Å²) in [6, 6.07) is 0. The number of halogens is 3. The molecule has 2 N–H and O–H groups in total. The first-order chi connectivity index (χ1) is 11.8. The molecule has 1 heterocycles. The Morgan fingerprint density at radius 3 is 2.68 bits per heavy atom. The first-order valence-corrected chi connectivity index (χ1v) is 8.65. The van der Waals surface area contributed by atoms with Crippen molar-refractivity contribution in [2.45, 2.75) is 57.7 Å². The van der Waals surface area contributed by atoms with Crippen LogP contribution in [-0.2, 0) is 23.8 Å². The highest BCUT2D eigenvalue weighted by atomic mass is 19.4. The molecule has 1 saturated carbocycles. The average Bonchev–Trinajstić information content (AvgIpc) is 2.95. The van der Waals surface area contributed by atoms with Crippen LogP contribution >= 0.6 is 0 Å². The lowest BCUT2D eigenvalue weighted by Gasteiger charge is -2.26. The minimum atomic E-state index is -4.55. The van der Waals surface area contributed by atoms with Gasteiger partial charge in [0.2, 0.25) is 5.91 Å². The van der Waals surface area contributed by atoms with E-state index in [1.54, 1.807) is 0 Å². The third-order valence-corrected chi connectivity index (χ3v) is 5.18. The van der Waals surface area contributed by atoms with Crippen LogP contribution in [0.25, 0.3) is 0 Å². The summed E-state index contributed by atoms with van der Waals surface area (Å²) in [4.78, 5) is 20.1. The number of carbonyl (C=O) groups excluding carboxylic acids is 1. The summed E-state index contributed by atoms with van der Waals surface area (Å²) < 4.78 is 39.8. The largest absolute Gasteiger partial charge is 0.433 e. The second kappa shape index (κ2) is 6.90. The molecule has 25 heavy (non-hydrogen) atoms. The number of hydrogen-bond donors (Lipinski definition) is 2. The molecule has 3 atom stereocenters. The molecule has 0 aliphatic heterocycles. The number of carbonyl (C=O) groups is 1. The second-order valence-corrected chi connectivity index (χ2v) is 6.99. The molecule has 0 radical (unpaired) electrons. The lowest BCUT2D eigenvalue weighted by Crippen LogP contribution is -2.39. The Balaban J connectivity index is 1.71. The SMILES string of the molecule is Cc1nc2c(c(C(F)(F)F)n1)CC(C(=O)NCC1CCCC1O)CC2. The minimum absolute atomic E-state index is 0.00348. The van der Waals surface area contributed by atoms with Crippen molar-refractivity contribution in [3.05, 3.63) is 22.8 Å². The van der Waals surface area contributed by atoms with Crippen LogP contribution in [0.2, 0.25) is 0 Å². The molecule has 8 heteroatoms. The van der Waals surface area contributed by atoms with E-state index in [-0.39, 0.29) is 29.6 Å². The van der Waals surface area contributed by atoms with Crippen molar-refractivity contribution in [1.29, 1.82) is 0 Å². The number of hydrogen-bond acceptors (Lipinski definition) is 4. The Morgan fingerprint density at radius 2 is 2.04 bits per heavy atom. The molecule has 3 unspecified atom stereocenters. The van der Waals surface area contributed by atoms with Crippen LogP contribution in [0, 0.1) is 18.8 Å². The first kappa shape index (κ1) is 18.1. The van der Waals surface area contributed by atoms with E-state index < -0.39 is 23.9 Å². The maximum atomic E-state index is 13.3. The van der Waals surface area contributed by atoms with Crippen molar-refractivity contribution >= 4 is 5.91 Å². The molecule has 3 rings (SSSR count). The summed E-state index contributed by atoms with van der Waals surface area (Å²) in [5, 5.41) is 12.6. The highest BCUT2D eigenvalue weighted by Crippen LogP contribution is 2.36. The van der Waals surface area contributed by atoms with Gasteiger partial charge in [-0.15, -0.1) is 0 Å². The van der Waals surface area contributed by atoms with E-state index in [1.165, 1.54) is 6.92 Å². The fourth-order valence-corrected chi connectivity index (χ4v) is 3.82. The Kier molecular flexibility index (Phi) is 4.99. The third-order valence-electron chi connectivity index (χ3n) is 5.18. The molecule has 0 spiro atoms. The molecule has 1 amide bonds. The van der Waals surface area contributed by atoms with Crippen molar-refractivity contribution in [3.8, 4) is 0 Å². The van der Waals surface area contributed by atoms with Crippen LogP contribution in [0.4, 0.5) is 13.2 Å². The third kappa shape index (κ3) is 3.94. The van der Waals surface area contributed by atoms with Gasteiger partial charge >= 0.3 is 6.18 Å². The number of amides is 1. The van der Waals surface area contributed by atoms with Crippen molar-refractivity contribution in [3.63, 3.8) is 0 Å². The second-order valence-electron chi connectivity index (χ2n) is 6.99. The molecular weight excluding hydrogens is 335 g/mol. The van der Waals surface area contributed by atoms with Crippen molar-refractivity contribution in [2.24, 2.45) is 11.8 Å². The van der Waals surface area contributed by atoms with Gasteiger partial charge in [-0.1, -0.05) is 6.42 Å². The van der Waals surface area contributed by atoms with Gasteiger partial charge in [-0.3, -0.25) is 4.79 Å². The molecule has 0 saturated heterocycles. The summed E-state index contributed by atoms with van der Waals surface area (Å²) in [6.45, 7) is 1.82. The van der Waals surface area contributed by atoms with Gasteiger partial charge < -0.3 is 10.4 Å². The van der Waals surface area contributed by atoms with Gasteiger partial charge in [0, 0.05) is 29.6 Å². The minimum Gasteiger partial charge on any atom is -0.393 e. The van der Waals surface area contributed by atoms with E-state index in [2.05, 4.69) is 15.3 Å². The number of nitrogens with zero attached hydrogens (tertiary/aromatic N) is 2. The van der Waals surface area contributed by atoms with E-state index >= 15 is 0 Å². The van der Waals surface area contributed by atoms with E-state index in [0.717, 1.165) is 19.3 Å². The van der Waals surface area contributed by atoms with Crippen LogP contribution in [0.5, 0.6) is 0 Å². The van der Waals surface area contributed by atoms with Crippen molar-refractivity contribution < 1.29 is 23.1 Å². The molecule has 138 valence electrons. The fraction of sp³-hybridized carbons (Fsp3) is 0.706. The predicted molar refractivity (Wildman–Crippen MR) is 83.6 cm³/mol. The number of fused-ring (bicyclic) bond motifs is 1. The van der Waals surface area contributed by atoms with E-state index in [9.17, 15) is 23.1 Å². The van der Waals surface area contributed by atoms with Gasteiger partial charge in [-0.2, -0.15) is 13.2 Å². The number of aryl methyl sites for hydroxylation is 2. The maximum Gasteiger partial charge on any atom is 0.433 e. The predicted octanol–water partition coefficient (Wildman–Crippen LogP) is 2.19. The first-order valence-electron chi connectivity index (χ1n) is 8.65. The standard InChI is InChI=1S/C17H22F3N3O2/c1-9-22-13-6-5-10(7-12(13)15(23-9)17(18,19)20)16(25)21-8-11-3-2-4-14(11)24/h10-11,14,24H,2-8H2,1H3,(H,21,25). The summed E-state index contributed by atoms with van der Waals surface area (Å²) in [5.41, 5.74) is -0.473. The molecule has 5 nitrogen and oxygen atoms in total. The number of aliphatic hydroxyl groups is 1. The summed E-state index contributed by atoms with van der Waals surface area (Å²) >= 11 is 0. The quantitative estimate of drug-likeness (QED) is 0.870. The Bertz CT molecular complexity index is 663. The zero-order chi connectivity index (χ0) is 18.2. The van der Waals surface area contributed by atoms with Gasteiger partial charge in [0.15, 0.2) is 5.69 Å². The summed E-state index contributed by atoms with van der Waals surface area (Å²) in [6.07, 6.45) is -1.60. The van der Waals surface area contributed by atoms with Crippen molar-refractivity contribution in [2.75, 3.05) is 6.54 Å². The topological polar surface area (TPSA) is 75.1 Å². The van der Waals surface area contributed by atoms with Gasteiger partial charge in [0.1, 0.15) is 5.82 Å². The van der Waals surface area contributed by atoms with Crippen LogP contribution < -0.4 is 5.32 Å². The summed E-state index contributed by atoms with van der Waals surface area (Å²) in [7, 11) is 0. The molecule has 0 aromatic carbocycles. The van der Waals surface area contributed by atoms with Gasteiger partial charge in [-0.25, -0.2) is 9.97 Å². The molecule has 2 aliphatic carbocycles. The van der Waals surface area contributed by atoms with Crippen LogP contribution in [0.15, 0.2) is 0 Å². The zero-order valence-electron chi connectivity index (χ0n) is 14.1. The van der Waals surface area contributed by atoms with Crippen LogP contribution in [0.1, 0.15) is 48.5 Å². The smallest absolute Gasteiger partial charge is 0.393 e. The molecular formula is C17H22F3N3O2. The van der Waals surface area contributed by atoms with Crippen molar-refractivity contribution in [1.82, 2.24) is 15.3 Å². The normalized spacial score (nSPS) is 26.4. The fourth-order valence-electron chi connectivity index (χ4n) is 3.82. The number of aliphatic hydroxyl groups excluding tert-OH is 1. The van der Waals surface area contributed by atoms with E-state index in [4.69, 9.17) is 0 Å². The van der Waals surface area contributed by atoms with Gasteiger partial charge in [0.05, 0.1) is 6.10 Å². The molecule has 2 aliphatic rings. The molecule has 0 bridgehead atoms. The van der Waals surface area contributed by atoms with Crippen LogP contribution in [0.3, 0.4) is 0 Å². The zero-order valence-corrected chi connectivity index (χ0v) is 14.1. The highest BCUT2D eigenvalue weighted by molar-refractivity contribution is 5.79. The summed E-state index contributed by atoms with van der Waals surface area (Å²) in [5.74, 6) is -0.627. The number of nitrogens with one attached hydrogen (secondary N) is 1. The Hall–Kier alpha value is -1.70. The molecule has 1 aromatic rings. The average molecular weight is 357 g/mol. The number of alkyl halides is 3. The van der Waals surface area contributed by atoms with Gasteiger partial charge in [-0.05, 0) is 39.0 Å². The Morgan fingerprint density at radius 1 is 1.28 bits per heavy atom. The maximum absolute atomic E-state index is 13.3. The number of aromatic nitrogens is 2. The van der Waals surface area contributed by atoms with E-state index in [0.29, 0.717) is 25.1 Å². The monoisotopic (exact) mass is 357 g/mol. The molecule has 1 fully saturated rings. The van der Waals surface area contributed by atoms with Gasteiger partial charge in [0.25, 0.3) is 0 Å². The van der Waals surface area contributed by atoms with Crippen LogP contribution in [-0.4, -0.2) is 33.6 Å². The highest BCUT2D eigenvalue weighted by Gasteiger charge is 2.40. The van der Waals surface area contributed by atoms with E-state index in [1.807, 2.05) is 0 Å². The number of rotatable bonds is 3. The lowest BCUT2D eigenvalue weighted by molar-refractivity contribution is -0.142. The lowest BCUT2D eigenvalue weighted by atomic mass is 9.84. The molecule has 1 aromatic heterocycles. The Labute approximate surface area is 144 Å².